The van der Waals surface area contributed by atoms with Gasteiger partial charge in [-0.15, -0.1) is 0 Å². The van der Waals surface area contributed by atoms with Gasteiger partial charge in [0, 0.05) is 25.4 Å². The summed E-state index contributed by atoms with van der Waals surface area (Å²) in [7, 11) is 0. The Balaban J connectivity index is 2.06. The molecule has 4 heteroatoms. The molecular formula is C14H22N2O2. The number of carboxylic acids is 1. The van der Waals surface area contributed by atoms with Crippen LogP contribution in [-0.4, -0.2) is 20.6 Å². The number of carbonyl (C=O) groups is 1. The maximum atomic E-state index is 11.3. The zero-order valence-corrected chi connectivity index (χ0v) is 11.0. The van der Waals surface area contributed by atoms with Crippen molar-refractivity contribution in [2.24, 2.45) is 11.8 Å². The third-order valence-electron chi connectivity index (χ3n) is 3.94. The fraction of sp³-hybridized carbons (Fsp3) is 0.714. The summed E-state index contributed by atoms with van der Waals surface area (Å²) in [6, 6.07) is 0. The molecule has 1 saturated carbocycles. The van der Waals surface area contributed by atoms with E-state index in [0.717, 1.165) is 50.9 Å². The summed E-state index contributed by atoms with van der Waals surface area (Å²) >= 11 is 0. The van der Waals surface area contributed by atoms with Gasteiger partial charge in [-0.05, 0) is 25.2 Å². The van der Waals surface area contributed by atoms with E-state index < -0.39 is 5.97 Å². The molecule has 100 valence electrons. The number of aryl methyl sites for hydroxylation is 1. The fourth-order valence-electron chi connectivity index (χ4n) is 2.99. The standard InChI is InChI=1S/C14H22N2O2/c1-2-8-16-9-7-15-13(16)10-11-5-3-4-6-12(11)14(17)18/h7,9,11-12H,2-6,8,10H2,1H3,(H,17,18). The summed E-state index contributed by atoms with van der Waals surface area (Å²) in [6.45, 7) is 3.12. The van der Waals surface area contributed by atoms with Crippen molar-refractivity contribution in [1.29, 1.82) is 0 Å². The van der Waals surface area contributed by atoms with Crippen molar-refractivity contribution in [2.75, 3.05) is 0 Å². The van der Waals surface area contributed by atoms with E-state index in [4.69, 9.17) is 0 Å². The monoisotopic (exact) mass is 250 g/mol. The quantitative estimate of drug-likeness (QED) is 0.874. The smallest absolute Gasteiger partial charge is 0.306 e. The molecule has 2 atom stereocenters. The fourth-order valence-corrected chi connectivity index (χ4v) is 2.99. The number of aliphatic carboxylic acids is 1. The van der Waals surface area contributed by atoms with Crippen LogP contribution in [-0.2, 0) is 17.8 Å². The number of hydrogen-bond acceptors (Lipinski definition) is 2. The number of rotatable bonds is 5. The zero-order valence-electron chi connectivity index (χ0n) is 11.0. The molecule has 1 aromatic rings. The lowest BCUT2D eigenvalue weighted by Crippen LogP contribution is -2.29. The van der Waals surface area contributed by atoms with Crippen molar-refractivity contribution in [3.63, 3.8) is 0 Å². The van der Waals surface area contributed by atoms with E-state index in [9.17, 15) is 9.90 Å². The summed E-state index contributed by atoms with van der Waals surface area (Å²) in [5, 5.41) is 9.28. The molecule has 0 saturated heterocycles. The van der Waals surface area contributed by atoms with Crippen LogP contribution in [0.25, 0.3) is 0 Å². The van der Waals surface area contributed by atoms with E-state index >= 15 is 0 Å². The van der Waals surface area contributed by atoms with Crippen LogP contribution in [0.4, 0.5) is 0 Å². The summed E-state index contributed by atoms with van der Waals surface area (Å²) < 4.78 is 2.16. The van der Waals surface area contributed by atoms with Gasteiger partial charge in [0.2, 0.25) is 0 Å². The van der Waals surface area contributed by atoms with Gasteiger partial charge in [0.15, 0.2) is 0 Å². The highest BCUT2D eigenvalue weighted by atomic mass is 16.4. The van der Waals surface area contributed by atoms with Gasteiger partial charge in [-0.2, -0.15) is 0 Å². The van der Waals surface area contributed by atoms with Crippen molar-refractivity contribution < 1.29 is 9.90 Å². The predicted molar refractivity (Wildman–Crippen MR) is 69.3 cm³/mol. The lowest BCUT2D eigenvalue weighted by atomic mass is 9.77. The Morgan fingerprint density at radius 2 is 2.28 bits per heavy atom. The number of imidazole rings is 1. The molecule has 1 aliphatic carbocycles. The Hall–Kier alpha value is -1.32. The average Bonchev–Trinajstić information content (AvgIpc) is 2.78. The second-order valence-electron chi connectivity index (χ2n) is 5.23. The molecule has 1 aromatic heterocycles. The number of carboxylic acid groups (broad SMARTS) is 1. The topological polar surface area (TPSA) is 55.1 Å². The van der Waals surface area contributed by atoms with E-state index in [1.165, 1.54) is 0 Å². The van der Waals surface area contributed by atoms with Crippen LogP contribution >= 0.6 is 0 Å². The second kappa shape index (κ2) is 6.03. The third kappa shape index (κ3) is 2.92. The van der Waals surface area contributed by atoms with Crippen molar-refractivity contribution in [1.82, 2.24) is 9.55 Å². The lowest BCUT2D eigenvalue weighted by Gasteiger charge is -2.28. The Morgan fingerprint density at radius 3 is 3.00 bits per heavy atom. The summed E-state index contributed by atoms with van der Waals surface area (Å²) in [6.07, 6.45) is 9.77. The van der Waals surface area contributed by atoms with Crippen molar-refractivity contribution in [3.05, 3.63) is 18.2 Å². The van der Waals surface area contributed by atoms with Gasteiger partial charge in [0.1, 0.15) is 5.82 Å². The van der Waals surface area contributed by atoms with Gasteiger partial charge < -0.3 is 9.67 Å². The van der Waals surface area contributed by atoms with E-state index in [2.05, 4.69) is 16.5 Å². The van der Waals surface area contributed by atoms with Gasteiger partial charge in [-0.1, -0.05) is 19.8 Å². The molecule has 2 rings (SSSR count). The normalized spacial score (nSPS) is 24.1. The molecular weight excluding hydrogens is 228 g/mol. The second-order valence-corrected chi connectivity index (χ2v) is 5.23. The average molecular weight is 250 g/mol. The van der Waals surface area contributed by atoms with Crippen molar-refractivity contribution in [3.8, 4) is 0 Å². The van der Waals surface area contributed by atoms with Gasteiger partial charge in [0.25, 0.3) is 0 Å². The Labute approximate surface area is 108 Å². The van der Waals surface area contributed by atoms with E-state index in [1.54, 1.807) is 0 Å². The van der Waals surface area contributed by atoms with Crippen LogP contribution in [0.5, 0.6) is 0 Å². The van der Waals surface area contributed by atoms with Gasteiger partial charge in [-0.25, -0.2) is 4.98 Å². The highest BCUT2D eigenvalue weighted by Gasteiger charge is 2.31. The van der Waals surface area contributed by atoms with Crippen molar-refractivity contribution in [2.45, 2.75) is 52.0 Å². The molecule has 0 aliphatic heterocycles. The summed E-state index contributed by atoms with van der Waals surface area (Å²) in [4.78, 5) is 15.7. The Morgan fingerprint density at radius 1 is 1.50 bits per heavy atom. The minimum Gasteiger partial charge on any atom is -0.481 e. The highest BCUT2D eigenvalue weighted by molar-refractivity contribution is 5.70. The van der Waals surface area contributed by atoms with Crippen LogP contribution in [0, 0.1) is 11.8 Å². The summed E-state index contributed by atoms with van der Waals surface area (Å²) in [5.41, 5.74) is 0. The number of nitrogens with zero attached hydrogens (tertiary/aromatic N) is 2. The molecule has 0 aromatic carbocycles. The summed E-state index contributed by atoms with van der Waals surface area (Å²) in [5.74, 6) is 0.503. The maximum Gasteiger partial charge on any atom is 0.306 e. The predicted octanol–water partition coefficient (Wildman–Crippen LogP) is 2.73. The first kappa shape index (κ1) is 13.1. The molecule has 2 unspecified atom stereocenters. The van der Waals surface area contributed by atoms with E-state index in [1.807, 2.05) is 12.4 Å². The molecule has 0 bridgehead atoms. The number of hydrogen-bond donors (Lipinski definition) is 1. The van der Waals surface area contributed by atoms with Gasteiger partial charge >= 0.3 is 5.97 Å². The van der Waals surface area contributed by atoms with E-state index in [-0.39, 0.29) is 11.8 Å². The van der Waals surface area contributed by atoms with Gasteiger partial charge in [-0.3, -0.25) is 4.79 Å². The lowest BCUT2D eigenvalue weighted by molar-refractivity contribution is -0.144. The molecule has 1 heterocycles. The van der Waals surface area contributed by atoms with Crippen molar-refractivity contribution >= 4 is 5.97 Å². The SMILES string of the molecule is CCCn1ccnc1CC1CCCCC1C(=O)O. The molecule has 1 aliphatic rings. The largest absolute Gasteiger partial charge is 0.481 e. The molecule has 18 heavy (non-hydrogen) atoms. The molecule has 1 N–H and O–H groups in total. The minimum atomic E-state index is -0.631. The van der Waals surface area contributed by atoms with Crippen LogP contribution < -0.4 is 0 Å². The van der Waals surface area contributed by atoms with Crippen LogP contribution in [0.1, 0.15) is 44.9 Å². The Bertz CT molecular complexity index is 400. The maximum absolute atomic E-state index is 11.3. The zero-order chi connectivity index (χ0) is 13.0. The highest BCUT2D eigenvalue weighted by Crippen LogP contribution is 2.32. The minimum absolute atomic E-state index is 0.175. The number of aromatic nitrogens is 2. The molecule has 0 radical (unpaired) electrons. The van der Waals surface area contributed by atoms with E-state index in [0.29, 0.717) is 0 Å². The molecule has 1 fully saturated rings. The molecule has 0 spiro atoms. The third-order valence-corrected chi connectivity index (χ3v) is 3.94. The molecule has 0 amide bonds. The first-order valence-corrected chi connectivity index (χ1v) is 6.95. The molecule has 4 nitrogen and oxygen atoms in total. The van der Waals surface area contributed by atoms with Crippen LogP contribution in [0.15, 0.2) is 12.4 Å². The Kier molecular flexibility index (Phi) is 4.39. The first-order valence-electron chi connectivity index (χ1n) is 6.95. The first-order chi connectivity index (χ1) is 8.72. The van der Waals surface area contributed by atoms with Crippen LogP contribution in [0.2, 0.25) is 0 Å². The van der Waals surface area contributed by atoms with Gasteiger partial charge in [0.05, 0.1) is 5.92 Å². The van der Waals surface area contributed by atoms with Crippen LogP contribution in [0.3, 0.4) is 0 Å².